The molecule has 130 heavy (non-hydrogen) atoms. The van der Waals surface area contributed by atoms with Crippen LogP contribution in [0.1, 0.15) is 89.0 Å². The van der Waals surface area contributed by atoms with E-state index >= 15 is 4.21 Å². The van der Waals surface area contributed by atoms with Crippen LogP contribution in [0.4, 0.5) is 68.2 Å². The second kappa shape index (κ2) is 28.6. The molecule has 0 fully saturated rings. The third-order valence-electron chi connectivity index (χ3n) is 29.2. The molecule has 612 valence electrons. The smallest absolute Gasteiger partial charge is 0.0742 e. The first-order valence-corrected chi connectivity index (χ1v) is 47.0. The summed E-state index contributed by atoms with van der Waals surface area (Å²) in [5, 5.41) is 0. The van der Waals surface area contributed by atoms with Gasteiger partial charge in [0.2, 0.25) is 0 Å². The molecule has 0 bridgehead atoms. The number of hydrogen-bond donors (Lipinski definition) is 0. The Morgan fingerprint density at radius 3 is 0.423 bits per heavy atom. The Hall–Kier alpha value is -16.3. The van der Waals surface area contributed by atoms with Crippen LogP contribution in [-0.4, -0.2) is 4.21 Å². The van der Waals surface area contributed by atoms with E-state index in [1.807, 2.05) is 0 Å². The van der Waals surface area contributed by atoms with Crippen molar-refractivity contribution in [2.24, 2.45) is 0 Å². The van der Waals surface area contributed by atoms with Crippen molar-refractivity contribution in [3.8, 4) is 22.3 Å². The van der Waals surface area contributed by atoms with Crippen LogP contribution in [-0.2, 0) is 30.7 Å². The van der Waals surface area contributed by atoms with E-state index in [2.05, 4.69) is 529 Å². The molecule has 6 heterocycles. The fraction of sp³-hybridized carbons (Fsp3) is 0.0323. The van der Waals surface area contributed by atoms with E-state index in [9.17, 15) is 0 Å². The van der Waals surface area contributed by atoms with Gasteiger partial charge in [-0.15, -0.1) is 0 Å². The largest absolute Gasteiger partial charge is 0.310 e. The lowest BCUT2D eigenvalue weighted by molar-refractivity contribution is 0.658. The predicted molar refractivity (Wildman–Crippen MR) is 531 cm³/mol. The molecular weight excluding hydrogens is 1590 g/mol. The maximum Gasteiger partial charge on any atom is 0.0742 e. The summed E-state index contributed by atoms with van der Waals surface area (Å²) in [5.41, 5.74) is 31.5. The SMILES string of the molecule is O=S12(c3ccc(N4c5ccccc5C(c5ccccc5)(c5ccccc5)c5ccccc54)cc3-c3cc(N4c5ccccc5C(c5ccccc5)(c5ccccc5)c5ccccc54)ccc31)c1ccc(N3c4ccccc4C(c4ccccc4)(c4ccccc4)c4ccccc43)cc1-c1cc(N3c4ccccc4C(c4ccccc4)(c4ccccc4)c4ccccc43)ccc12. The second-order valence-corrected chi connectivity index (χ2v) is 38.7. The highest BCUT2D eigenvalue weighted by atomic mass is 32.3. The van der Waals surface area contributed by atoms with Gasteiger partial charge in [0.25, 0.3) is 0 Å². The van der Waals surface area contributed by atoms with Gasteiger partial charge < -0.3 is 19.6 Å². The van der Waals surface area contributed by atoms with Crippen molar-refractivity contribution in [3.05, 3.63) is 599 Å². The Kier molecular flexibility index (Phi) is 16.5. The Balaban J connectivity index is 0.756. The molecule has 0 aliphatic carbocycles. The molecule has 0 saturated heterocycles. The van der Waals surface area contributed by atoms with Crippen LogP contribution in [0.25, 0.3) is 22.3 Å². The number of para-hydroxylation sites is 8. The van der Waals surface area contributed by atoms with Crippen LogP contribution >= 0.6 is 0 Å². The minimum atomic E-state index is -4.92. The van der Waals surface area contributed by atoms with E-state index in [4.69, 9.17) is 0 Å². The molecule has 1 spiro atoms. The van der Waals surface area contributed by atoms with Gasteiger partial charge in [0.1, 0.15) is 0 Å². The fourth-order valence-electron chi connectivity index (χ4n) is 24.3. The zero-order chi connectivity index (χ0) is 85.9. The van der Waals surface area contributed by atoms with Crippen LogP contribution < -0.4 is 19.6 Å². The van der Waals surface area contributed by atoms with Crippen molar-refractivity contribution in [1.29, 1.82) is 0 Å². The van der Waals surface area contributed by atoms with E-state index < -0.39 is 30.7 Å². The third-order valence-corrected chi connectivity index (χ3v) is 34.0. The highest BCUT2D eigenvalue weighted by Gasteiger charge is 2.60. The summed E-state index contributed by atoms with van der Waals surface area (Å²) in [6.45, 7) is 0. The summed E-state index contributed by atoms with van der Waals surface area (Å²) in [7, 11) is -4.92. The minimum absolute atomic E-state index is 0.718. The number of hydrogen-bond acceptors (Lipinski definition) is 5. The van der Waals surface area contributed by atoms with Gasteiger partial charge in [0, 0.05) is 73.7 Å². The van der Waals surface area contributed by atoms with Gasteiger partial charge >= 0.3 is 0 Å². The van der Waals surface area contributed by atoms with Crippen LogP contribution in [0.5, 0.6) is 0 Å². The molecule has 6 aliphatic rings. The number of anilines is 12. The van der Waals surface area contributed by atoms with Gasteiger partial charge in [0.05, 0.1) is 67.2 Å². The zero-order valence-electron chi connectivity index (χ0n) is 71.1. The molecule has 0 radical (unpaired) electrons. The molecule has 0 N–H and O–H groups in total. The minimum Gasteiger partial charge on any atom is -0.310 e. The van der Waals surface area contributed by atoms with Gasteiger partial charge in [-0.3, -0.25) is 4.21 Å². The van der Waals surface area contributed by atoms with E-state index in [1.54, 1.807) is 0 Å². The Morgan fingerprint density at radius 2 is 0.277 bits per heavy atom. The van der Waals surface area contributed by atoms with E-state index in [0.717, 1.165) is 155 Å². The Morgan fingerprint density at radius 1 is 0.146 bits per heavy atom. The lowest BCUT2D eigenvalue weighted by atomic mass is 9.62. The first-order chi connectivity index (χ1) is 64.4. The van der Waals surface area contributed by atoms with Crippen molar-refractivity contribution in [3.63, 3.8) is 0 Å². The normalized spacial score (nSPS) is 15.8. The Bertz CT molecular complexity index is 6720. The zero-order valence-corrected chi connectivity index (χ0v) is 71.9. The van der Waals surface area contributed by atoms with Gasteiger partial charge in [-0.05, 0) is 210 Å². The van der Waals surface area contributed by atoms with Crippen molar-refractivity contribution in [1.82, 2.24) is 0 Å². The number of nitrogens with zero attached hydrogens (tertiary/aromatic N) is 4. The molecule has 20 aromatic carbocycles. The number of benzene rings is 20. The van der Waals surface area contributed by atoms with Gasteiger partial charge in [-0.1, -0.05) is 388 Å². The standard InChI is InChI=1S/C124H84N4OS/c129-130(117-77-73-93(125-109-65-33-25-57-101(109)121(85-41-9-1-10-42-85,86-43-11-2-12-44-86)102-58-26-34-66-110(102)125)81-97(117)98-82-94(74-78-118(98)130)126-111-67-35-27-59-103(111)122(87-45-13-3-14-46-87,88-47-15-4-16-48-88)104-60-28-36-68-112(104)126)119-79-75-95(127-113-69-37-29-61-105(113)123(89-49-17-5-18-50-89,90-51-19-6-20-52-90)106-62-30-38-70-114(106)127)83-99(119)100-84-96(76-80-120(100)130)128-115-71-39-31-63-107(115)124(91-53-21-7-22-54-91,92-55-23-8-24-56-92)108-64-32-40-72-116(108)128/h1-84H. The predicted octanol–water partition coefficient (Wildman–Crippen LogP) is 30.7. The summed E-state index contributed by atoms with van der Waals surface area (Å²) in [6, 6.07) is 188. The highest BCUT2D eigenvalue weighted by molar-refractivity contribution is 8.21. The molecule has 0 aromatic heterocycles. The first-order valence-electron chi connectivity index (χ1n) is 45.0. The average Bonchev–Trinajstić information content (AvgIpc) is 1.46. The van der Waals surface area contributed by atoms with E-state index in [-0.39, 0.29) is 0 Å². The summed E-state index contributed by atoms with van der Waals surface area (Å²) < 4.78 is 20.8. The average molecular weight is 1680 g/mol. The molecule has 0 unspecified atom stereocenters. The monoisotopic (exact) mass is 1680 g/mol. The lowest BCUT2D eigenvalue weighted by Gasteiger charge is -2.46. The van der Waals surface area contributed by atoms with Crippen molar-refractivity contribution in [2.45, 2.75) is 41.2 Å². The third kappa shape index (κ3) is 9.92. The summed E-state index contributed by atoms with van der Waals surface area (Å²) in [5.74, 6) is 0. The van der Waals surface area contributed by atoms with Crippen molar-refractivity contribution in [2.75, 3.05) is 19.6 Å². The highest BCUT2D eigenvalue weighted by Crippen LogP contribution is 2.74. The van der Waals surface area contributed by atoms with Gasteiger partial charge in [-0.2, -0.15) is 0 Å². The molecule has 6 aliphatic heterocycles. The van der Waals surface area contributed by atoms with Crippen LogP contribution in [0.3, 0.4) is 0 Å². The van der Waals surface area contributed by atoms with Gasteiger partial charge in [0.15, 0.2) is 0 Å². The molecule has 20 aromatic rings. The molecule has 6 heteroatoms. The molecule has 26 rings (SSSR count). The molecule has 0 amide bonds. The molecule has 5 nitrogen and oxygen atoms in total. The topological polar surface area (TPSA) is 30.0 Å². The quantitative estimate of drug-likeness (QED) is 0.122. The fourth-order valence-corrected chi connectivity index (χ4v) is 29.4. The summed E-state index contributed by atoms with van der Waals surface area (Å²) in [4.78, 5) is 13.0. The lowest BCUT2D eigenvalue weighted by Crippen LogP contribution is -2.37. The summed E-state index contributed by atoms with van der Waals surface area (Å²) in [6.07, 6.45) is 0. The van der Waals surface area contributed by atoms with Crippen molar-refractivity contribution >= 4 is 77.3 Å². The number of rotatable bonds is 12. The van der Waals surface area contributed by atoms with Crippen LogP contribution in [0, 0.1) is 0 Å². The van der Waals surface area contributed by atoms with Gasteiger partial charge in [-0.25, -0.2) is 0 Å². The van der Waals surface area contributed by atoms with E-state index in [1.165, 1.54) is 44.5 Å². The maximum absolute atomic E-state index is 20.8. The summed E-state index contributed by atoms with van der Waals surface area (Å²) >= 11 is 0. The van der Waals surface area contributed by atoms with Crippen LogP contribution in [0.2, 0.25) is 0 Å². The second-order valence-electron chi connectivity index (χ2n) is 35.1. The van der Waals surface area contributed by atoms with E-state index in [0.29, 0.717) is 0 Å². The van der Waals surface area contributed by atoms with Crippen molar-refractivity contribution < 1.29 is 4.21 Å². The molecule has 0 saturated carbocycles. The maximum atomic E-state index is 20.8. The first kappa shape index (κ1) is 75.1. The Labute approximate surface area is 757 Å². The molecule has 0 atom stereocenters. The van der Waals surface area contributed by atoms with Crippen LogP contribution in [0.15, 0.2) is 529 Å². The number of fused-ring (bicyclic) bond motifs is 18. The molecular formula is C124H84N4OS.